The van der Waals surface area contributed by atoms with Crippen LogP contribution in [0.2, 0.25) is 18.1 Å². The highest BCUT2D eigenvalue weighted by Gasteiger charge is 2.45. The molecule has 0 aromatic heterocycles. The van der Waals surface area contributed by atoms with E-state index >= 15 is 0 Å². The van der Waals surface area contributed by atoms with Crippen molar-refractivity contribution in [2.75, 3.05) is 13.2 Å². The SMILES string of the molecule is CC(C)(C)[Si](C)(C)OC[C@H]1OC(=O)[C@@H]1COCc1ccccc1. The first kappa shape index (κ1) is 18.2. The van der Waals surface area contributed by atoms with Crippen LogP contribution in [-0.4, -0.2) is 33.6 Å². The zero-order valence-corrected chi connectivity index (χ0v) is 15.8. The number of hydrogen-bond acceptors (Lipinski definition) is 4. The highest BCUT2D eigenvalue weighted by molar-refractivity contribution is 6.74. The smallest absolute Gasteiger partial charge is 0.315 e. The monoisotopic (exact) mass is 336 g/mol. The average molecular weight is 337 g/mol. The Balaban J connectivity index is 1.77. The quantitative estimate of drug-likeness (QED) is 0.562. The van der Waals surface area contributed by atoms with Crippen molar-refractivity contribution in [3.8, 4) is 0 Å². The van der Waals surface area contributed by atoms with Gasteiger partial charge in [0, 0.05) is 0 Å². The van der Waals surface area contributed by atoms with Gasteiger partial charge in [-0.3, -0.25) is 4.79 Å². The maximum absolute atomic E-state index is 11.7. The number of rotatable bonds is 7. The number of esters is 1. The fourth-order valence-corrected chi connectivity index (χ4v) is 3.12. The second-order valence-corrected chi connectivity index (χ2v) is 12.5. The van der Waals surface area contributed by atoms with Gasteiger partial charge < -0.3 is 13.9 Å². The Morgan fingerprint density at radius 3 is 2.35 bits per heavy atom. The van der Waals surface area contributed by atoms with E-state index in [9.17, 15) is 4.79 Å². The lowest BCUT2D eigenvalue weighted by atomic mass is 9.99. The van der Waals surface area contributed by atoms with E-state index in [0.717, 1.165) is 5.56 Å². The first-order valence-electron chi connectivity index (χ1n) is 8.17. The van der Waals surface area contributed by atoms with Crippen molar-refractivity contribution in [3.05, 3.63) is 35.9 Å². The molecular weight excluding hydrogens is 308 g/mol. The summed E-state index contributed by atoms with van der Waals surface area (Å²) < 4.78 is 17.1. The molecule has 0 amide bonds. The molecule has 1 aromatic carbocycles. The lowest BCUT2D eigenvalue weighted by molar-refractivity contribution is -0.194. The van der Waals surface area contributed by atoms with Crippen LogP contribution < -0.4 is 0 Å². The summed E-state index contributed by atoms with van der Waals surface area (Å²) in [5.41, 5.74) is 1.11. The fraction of sp³-hybridized carbons (Fsp3) is 0.611. The highest BCUT2D eigenvalue weighted by Crippen LogP contribution is 2.37. The van der Waals surface area contributed by atoms with Crippen LogP contribution in [0.4, 0.5) is 0 Å². The summed E-state index contributed by atoms with van der Waals surface area (Å²) in [6, 6.07) is 9.95. The molecule has 1 fully saturated rings. The highest BCUT2D eigenvalue weighted by atomic mass is 28.4. The van der Waals surface area contributed by atoms with Gasteiger partial charge in [0.15, 0.2) is 8.32 Å². The summed E-state index contributed by atoms with van der Waals surface area (Å²) in [6.45, 7) is 12.4. The van der Waals surface area contributed by atoms with Crippen LogP contribution in [0.25, 0.3) is 0 Å². The van der Waals surface area contributed by atoms with Gasteiger partial charge in [0.25, 0.3) is 0 Å². The van der Waals surface area contributed by atoms with Crippen LogP contribution in [0.3, 0.4) is 0 Å². The van der Waals surface area contributed by atoms with Crippen LogP contribution in [0.1, 0.15) is 26.3 Å². The molecule has 23 heavy (non-hydrogen) atoms. The molecule has 2 rings (SSSR count). The van der Waals surface area contributed by atoms with E-state index in [1.807, 2.05) is 30.3 Å². The van der Waals surface area contributed by atoms with Crippen molar-refractivity contribution in [1.82, 2.24) is 0 Å². The Labute approximate surface area is 140 Å². The van der Waals surface area contributed by atoms with Crippen LogP contribution >= 0.6 is 0 Å². The number of cyclic esters (lactones) is 1. The van der Waals surface area contributed by atoms with Gasteiger partial charge >= 0.3 is 5.97 Å². The summed E-state index contributed by atoms with van der Waals surface area (Å²) in [5.74, 6) is -0.384. The molecule has 128 valence electrons. The number of hydrogen-bond donors (Lipinski definition) is 0. The Kier molecular flexibility index (Phi) is 5.65. The van der Waals surface area contributed by atoms with Gasteiger partial charge in [-0.25, -0.2) is 0 Å². The predicted molar refractivity (Wildman–Crippen MR) is 92.6 cm³/mol. The lowest BCUT2D eigenvalue weighted by Gasteiger charge is -2.40. The first-order valence-corrected chi connectivity index (χ1v) is 11.1. The van der Waals surface area contributed by atoms with Crippen molar-refractivity contribution in [2.24, 2.45) is 5.92 Å². The van der Waals surface area contributed by atoms with Crippen LogP contribution in [0, 0.1) is 5.92 Å². The number of ether oxygens (including phenoxy) is 2. The molecule has 2 atom stereocenters. The standard InChI is InChI=1S/C18H28O4Si/c1-18(2,3)23(4,5)21-13-16-15(17(19)22-16)12-20-11-14-9-7-6-8-10-14/h6-10,15-16H,11-13H2,1-5H3/t15-,16-/m1/s1. The van der Waals surface area contributed by atoms with E-state index in [4.69, 9.17) is 13.9 Å². The molecule has 1 heterocycles. The third-order valence-corrected chi connectivity index (χ3v) is 9.34. The van der Waals surface area contributed by atoms with Gasteiger partial charge in [-0.05, 0) is 23.7 Å². The third-order valence-electron chi connectivity index (χ3n) is 4.84. The minimum absolute atomic E-state index is 0.153. The first-order chi connectivity index (χ1) is 10.7. The second kappa shape index (κ2) is 7.15. The van der Waals surface area contributed by atoms with E-state index in [2.05, 4.69) is 33.9 Å². The molecule has 0 spiro atoms. The molecule has 1 aliphatic rings. The minimum atomic E-state index is -1.82. The molecule has 0 radical (unpaired) electrons. The maximum atomic E-state index is 11.7. The number of carbonyl (C=O) groups excluding carboxylic acids is 1. The van der Waals surface area contributed by atoms with Gasteiger partial charge in [0.1, 0.15) is 12.0 Å². The molecule has 0 saturated carbocycles. The molecule has 4 nitrogen and oxygen atoms in total. The summed E-state index contributed by atoms with van der Waals surface area (Å²) in [6.07, 6.45) is -0.174. The van der Waals surface area contributed by atoms with E-state index < -0.39 is 8.32 Å². The Hall–Kier alpha value is -1.17. The van der Waals surface area contributed by atoms with Crippen LogP contribution in [0.5, 0.6) is 0 Å². The molecule has 5 heteroatoms. The molecule has 0 unspecified atom stereocenters. The van der Waals surface area contributed by atoms with Gasteiger partial charge in [0.2, 0.25) is 0 Å². The van der Waals surface area contributed by atoms with Gasteiger partial charge in [-0.15, -0.1) is 0 Å². The fourth-order valence-electron chi connectivity index (χ4n) is 2.11. The Morgan fingerprint density at radius 1 is 1.13 bits per heavy atom. The largest absolute Gasteiger partial charge is 0.459 e. The van der Waals surface area contributed by atoms with Gasteiger partial charge in [-0.1, -0.05) is 51.1 Å². The normalized spacial score (nSPS) is 21.7. The maximum Gasteiger partial charge on any atom is 0.315 e. The van der Waals surface area contributed by atoms with Crippen LogP contribution in [-0.2, 0) is 25.3 Å². The summed E-state index contributed by atoms with van der Waals surface area (Å²) >= 11 is 0. The number of benzene rings is 1. The Bertz CT molecular complexity index is 522. The molecule has 0 aliphatic carbocycles. The van der Waals surface area contributed by atoms with Crippen molar-refractivity contribution >= 4 is 14.3 Å². The molecule has 0 bridgehead atoms. The zero-order valence-electron chi connectivity index (χ0n) is 14.8. The second-order valence-electron chi connectivity index (χ2n) is 7.65. The Morgan fingerprint density at radius 2 is 1.78 bits per heavy atom. The van der Waals surface area contributed by atoms with E-state index in [0.29, 0.717) is 19.8 Å². The third kappa shape index (κ3) is 4.65. The number of carbonyl (C=O) groups is 1. The summed E-state index contributed by atoms with van der Waals surface area (Å²) in [5, 5.41) is 0.153. The topological polar surface area (TPSA) is 44.8 Å². The predicted octanol–water partition coefficient (Wildman–Crippen LogP) is 3.77. The molecule has 1 saturated heterocycles. The van der Waals surface area contributed by atoms with E-state index in [1.54, 1.807) is 0 Å². The van der Waals surface area contributed by atoms with Gasteiger partial charge in [-0.2, -0.15) is 0 Å². The van der Waals surface area contributed by atoms with E-state index in [1.165, 1.54) is 0 Å². The summed E-state index contributed by atoms with van der Waals surface area (Å²) in [4.78, 5) is 11.7. The lowest BCUT2D eigenvalue weighted by Crippen LogP contribution is -2.53. The molecular formula is C18H28O4Si. The van der Waals surface area contributed by atoms with Crippen molar-refractivity contribution in [2.45, 2.75) is 51.6 Å². The molecule has 1 aromatic rings. The minimum Gasteiger partial charge on any atom is -0.459 e. The van der Waals surface area contributed by atoms with E-state index in [-0.39, 0.29) is 23.0 Å². The molecule has 1 aliphatic heterocycles. The van der Waals surface area contributed by atoms with Crippen LogP contribution in [0.15, 0.2) is 30.3 Å². The van der Waals surface area contributed by atoms with Gasteiger partial charge in [0.05, 0.1) is 19.8 Å². The zero-order chi connectivity index (χ0) is 17.1. The van der Waals surface area contributed by atoms with Crippen molar-refractivity contribution < 1.29 is 18.7 Å². The average Bonchev–Trinajstić information content (AvgIpc) is 2.47. The van der Waals surface area contributed by atoms with Crippen molar-refractivity contribution in [1.29, 1.82) is 0 Å². The molecule has 0 N–H and O–H groups in total. The van der Waals surface area contributed by atoms with Crippen molar-refractivity contribution in [3.63, 3.8) is 0 Å². The summed E-state index contributed by atoms with van der Waals surface area (Å²) in [7, 11) is -1.82.